The van der Waals surface area contributed by atoms with Gasteiger partial charge in [0.25, 0.3) is 0 Å². The number of hydrogen-bond donors (Lipinski definition) is 2. The topological polar surface area (TPSA) is 190 Å². The lowest BCUT2D eigenvalue weighted by atomic mass is 9.98. The van der Waals surface area contributed by atoms with Gasteiger partial charge in [0.15, 0.2) is 23.3 Å². The molecule has 0 saturated heterocycles. The fourth-order valence-electron chi connectivity index (χ4n) is 12.1. The molecule has 3 aromatic heterocycles. The second kappa shape index (κ2) is 29.4. The van der Waals surface area contributed by atoms with Crippen molar-refractivity contribution in [3.63, 3.8) is 0 Å². The summed E-state index contributed by atoms with van der Waals surface area (Å²) >= 11 is 0. The fraction of sp³-hybridized carbons (Fsp3) is 0.500. The molecular weight excluding hydrogens is 1100 g/mol. The van der Waals surface area contributed by atoms with Crippen LogP contribution in [0.25, 0.3) is 89.7 Å². The maximum absolute atomic E-state index is 13.7. The Morgan fingerprint density at radius 1 is 0.318 bits per heavy atom. The number of hydrogen-bond acceptors (Lipinski definition) is 10. The van der Waals surface area contributed by atoms with Gasteiger partial charge in [-0.1, -0.05) is 81.1 Å². The highest BCUT2D eigenvalue weighted by atomic mass is 16.2. The zero-order valence-electron chi connectivity index (χ0n) is 54.7. The van der Waals surface area contributed by atoms with E-state index in [2.05, 4.69) is 114 Å². The van der Waals surface area contributed by atoms with Gasteiger partial charge in [-0.25, -0.2) is 29.9 Å². The van der Waals surface area contributed by atoms with E-state index in [-0.39, 0.29) is 23.6 Å². The summed E-state index contributed by atoms with van der Waals surface area (Å²) < 4.78 is 0. The molecule has 2 aliphatic rings. The van der Waals surface area contributed by atoms with Crippen LogP contribution in [-0.4, -0.2) is 109 Å². The highest BCUT2D eigenvalue weighted by molar-refractivity contribution is 6.07. The Hall–Kier alpha value is -7.88. The molecule has 0 unspecified atom stereocenters. The van der Waals surface area contributed by atoms with Crippen molar-refractivity contribution in [3.8, 4) is 45.6 Å². The summed E-state index contributed by atoms with van der Waals surface area (Å²) in [5.41, 5.74) is 13.5. The molecule has 7 aromatic rings. The van der Waals surface area contributed by atoms with Gasteiger partial charge in [0, 0.05) is 122 Å². The number of amides is 4. The Morgan fingerprint density at radius 3 is 0.818 bits per heavy atom. The van der Waals surface area contributed by atoms with Gasteiger partial charge in [-0.2, -0.15) is 0 Å². The van der Waals surface area contributed by atoms with E-state index in [0.29, 0.717) is 124 Å². The van der Waals surface area contributed by atoms with E-state index in [0.717, 1.165) is 165 Å². The van der Waals surface area contributed by atoms with Gasteiger partial charge in [0.1, 0.15) is 22.6 Å². The van der Waals surface area contributed by atoms with Gasteiger partial charge in [-0.15, -0.1) is 0 Å². The second-order valence-corrected chi connectivity index (χ2v) is 24.6. The number of H-pyrrole nitrogens is 2. The monoisotopic (exact) mass is 1190 g/mol. The first-order valence-corrected chi connectivity index (χ1v) is 33.0. The van der Waals surface area contributed by atoms with Crippen LogP contribution in [0.2, 0.25) is 0 Å². The van der Waals surface area contributed by atoms with E-state index < -0.39 is 0 Å². The quantitative estimate of drug-likeness (QED) is 0.0477. The third kappa shape index (κ3) is 14.3. The molecule has 2 aliphatic heterocycles. The fourth-order valence-corrected chi connectivity index (χ4v) is 12.1. The molecule has 4 amide bonds. The van der Waals surface area contributed by atoms with Crippen molar-refractivity contribution in [1.82, 2.24) is 59.5 Å². The van der Waals surface area contributed by atoms with E-state index in [4.69, 9.17) is 29.9 Å². The number of nitrogens with one attached hydrogen (secondary N) is 2. The zero-order chi connectivity index (χ0) is 62.8. The molecule has 0 atom stereocenters. The van der Waals surface area contributed by atoms with Gasteiger partial charge in [0.05, 0.1) is 0 Å². The van der Waals surface area contributed by atoms with E-state index >= 15 is 0 Å². The van der Waals surface area contributed by atoms with Crippen LogP contribution in [-0.2, 0) is 45.4 Å². The van der Waals surface area contributed by atoms with Crippen molar-refractivity contribution in [2.45, 2.75) is 212 Å². The summed E-state index contributed by atoms with van der Waals surface area (Å²) in [5.74, 6) is 2.41. The first-order valence-electron chi connectivity index (χ1n) is 33.0. The normalized spacial score (nSPS) is 11.8. The number of carbonyl (C=O) groups excluding carboxylic acids is 4. The molecule has 88 heavy (non-hydrogen) atoms. The van der Waals surface area contributed by atoms with Crippen LogP contribution in [0.4, 0.5) is 0 Å². The Morgan fingerprint density at radius 2 is 0.557 bits per heavy atom. The Bertz CT molecular complexity index is 3650. The molecule has 0 radical (unpaired) electrons. The number of carbonyl (C=O) groups is 4. The largest absolute Gasteiger partial charge is 0.338 e. The first kappa shape index (κ1) is 64.6. The van der Waals surface area contributed by atoms with Crippen LogP contribution in [0.5, 0.6) is 0 Å². The van der Waals surface area contributed by atoms with Crippen LogP contribution in [0, 0.1) is 27.7 Å². The SMILES string of the molecule is CCCCN(Cc1cc2c(cc1C)-c1nc-2nc2[nH]c(nc3nc(nc4[nH]c(n1)c1cc(CN(CCCC)C(=O)CCC)c(C)cc41)-c1cc(CN(CCCC)C(=O)CCC)c(C)cc1-3)c1cc(CN(CCCC)C(=O)CCC)c(C)cc21)C(=O)CCC. The van der Waals surface area contributed by atoms with Crippen LogP contribution in [0.15, 0.2) is 48.5 Å². The predicted octanol–water partition coefficient (Wildman–Crippen LogP) is 15.8. The lowest BCUT2D eigenvalue weighted by Gasteiger charge is -2.24. The Balaban J connectivity index is 1.37. The van der Waals surface area contributed by atoms with Crippen molar-refractivity contribution in [1.29, 1.82) is 0 Å². The Kier molecular flexibility index (Phi) is 21.6. The minimum atomic E-state index is 0.140. The Labute approximate surface area is 520 Å². The van der Waals surface area contributed by atoms with Gasteiger partial charge in [-0.05, 0) is 172 Å². The summed E-state index contributed by atoms with van der Waals surface area (Å²) in [7, 11) is 0. The average molecular weight is 1190 g/mol. The molecule has 0 saturated carbocycles. The summed E-state index contributed by atoms with van der Waals surface area (Å²) in [6, 6.07) is 17.2. The molecule has 9 rings (SSSR count). The molecule has 5 heterocycles. The van der Waals surface area contributed by atoms with Gasteiger partial charge < -0.3 is 29.6 Å². The number of aryl methyl sites for hydroxylation is 4. The maximum atomic E-state index is 13.7. The lowest BCUT2D eigenvalue weighted by Crippen LogP contribution is -2.31. The van der Waals surface area contributed by atoms with Crippen LogP contribution in [0.1, 0.15) is 203 Å². The first-order chi connectivity index (χ1) is 42.5. The molecular formula is C72H94N12O4. The standard InChI is InChI=1S/C72H94N12O4/c1-13-21-29-81(61(85)25-17-5)41-49-37-57-53(33-45(49)9)65-73-69(57)77-66-54-34-46(10)50(42-82(30-22-14-2)62(86)26-18-6)38-58(54)71(74-66)79-68-56-36-48(12)52(44-84(32-24-16-4)64(88)28-20-8)40-60(56)72(76-68)80-67-55-35-47(11)51(39-59(55)70(75-67)78-65)43-83(31-23-15-3)63(87)27-19-7/h33-40H,13-32,41-44H2,1-12H3,(H2,73,74,75,76,77,78,79,80). The number of fused-ring (bicyclic) bond motifs is 20. The number of nitrogens with zero attached hydrogens (tertiary/aromatic N) is 10. The van der Waals surface area contributed by atoms with E-state index in [1.54, 1.807) is 0 Å². The van der Waals surface area contributed by atoms with Gasteiger partial charge in [0.2, 0.25) is 23.6 Å². The molecule has 0 fully saturated rings. The zero-order valence-corrected chi connectivity index (χ0v) is 54.7. The molecule has 16 heteroatoms. The summed E-state index contributed by atoms with van der Waals surface area (Å²) in [4.78, 5) is 103. The van der Waals surface area contributed by atoms with Crippen molar-refractivity contribution in [2.24, 2.45) is 0 Å². The van der Waals surface area contributed by atoms with Crippen LogP contribution >= 0.6 is 0 Å². The second-order valence-electron chi connectivity index (χ2n) is 24.6. The summed E-state index contributed by atoms with van der Waals surface area (Å²) in [5, 5.41) is 3.30. The third-order valence-electron chi connectivity index (χ3n) is 17.5. The van der Waals surface area contributed by atoms with Crippen molar-refractivity contribution in [3.05, 3.63) is 93.0 Å². The molecule has 0 spiro atoms. The molecule has 2 N–H and O–H groups in total. The third-order valence-corrected chi connectivity index (χ3v) is 17.5. The van der Waals surface area contributed by atoms with E-state index in [9.17, 15) is 19.2 Å². The molecule has 8 bridgehead atoms. The van der Waals surface area contributed by atoms with E-state index in [1.165, 1.54) is 0 Å². The average Bonchev–Trinajstić information content (AvgIpc) is 1.78. The summed E-state index contributed by atoms with van der Waals surface area (Å²) in [6.45, 7) is 29.7. The number of rotatable bonds is 28. The van der Waals surface area contributed by atoms with Crippen LogP contribution in [0.3, 0.4) is 0 Å². The number of aromatic amines is 2. The van der Waals surface area contributed by atoms with Crippen LogP contribution < -0.4 is 0 Å². The highest BCUT2D eigenvalue weighted by Crippen LogP contribution is 2.41. The minimum absolute atomic E-state index is 0.140. The highest BCUT2D eigenvalue weighted by Gasteiger charge is 2.28. The van der Waals surface area contributed by atoms with Crippen molar-refractivity contribution in [2.75, 3.05) is 26.2 Å². The lowest BCUT2D eigenvalue weighted by molar-refractivity contribution is -0.132. The molecule has 4 aromatic carbocycles. The molecule has 466 valence electrons. The molecule has 0 aliphatic carbocycles. The van der Waals surface area contributed by atoms with Gasteiger partial charge in [-0.3, -0.25) is 19.2 Å². The van der Waals surface area contributed by atoms with Crippen molar-refractivity contribution >= 4 is 67.8 Å². The van der Waals surface area contributed by atoms with Crippen molar-refractivity contribution < 1.29 is 19.2 Å². The maximum Gasteiger partial charge on any atom is 0.222 e. The van der Waals surface area contributed by atoms with E-state index in [1.807, 2.05) is 47.3 Å². The molecule has 16 nitrogen and oxygen atoms in total. The van der Waals surface area contributed by atoms with Gasteiger partial charge >= 0.3 is 0 Å². The summed E-state index contributed by atoms with van der Waals surface area (Å²) in [6.07, 6.45) is 12.5. The minimum Gasteiger partial charge on any atom is -0.338 e. The number of aromatic nitrogens is 8. The predicted molar refractivity (Wildman–Crippen MR) is 356 cm³/mol. The smallest absolute Gasteiger partial charge is 0.222 e. The number of benzene rings is 4. The number of unbranched alkanes of at least 4 members (excludes halogenated alkanes) is 4.